The van der Waals surface area contributed by atoms with Crippen molar-refractivity contribution in [1.82, 2.24) is 15.1 Å². The summed E-state index contributed by atoms with van der Waals surface area (Å²) < 4.78 is 5.77. The lowest BCUT2D eigenvalue weighted by atomic mass is 10.1. The Kier molecular flexibility index (Phi) is 5.10. The van der Waals surface area contributed by atoms with E-state index < -0.39 is 0 Å². The molecule has 1 aliphatic rings. The van der Waals surface area contributed by atoms with Crippen molar-refractivity contribution in [2.24, 2.45) is 5.73 Å². The molecule has 19 heavy (non-hydrogen) atoms. The lowest BCUT2D eigenvalue weighted by Crippen LogP contribution is -2.33. The Labute approximate surface area is 115 Å². The van der Waals surface area contributed by atoms with Gasteiger partial charge in [-0.1, -0.05) is 6.42 Å². The molecule has 0 amide bonds. The number of aryl methyl sites for hydroxylation is 1. The number of nitrogens with two attached hydrogens (primary N) is 1. The Morgan fingerprint density at radius 2 is 1.89 bits per heavy atom. The summed E-state index contributed by atoms with van der Waals surface area (Å²) in [6.07, 6.45) is 3.96. The maximum absolute atomic E-state index is 5.78. The highest BCUT2D eigenvalue weighted by Gasteiger charge is 2.13. The van der Waals surface area contributed by atoms with Crippen LogP contribution in [-0.4, -0.2) is 41.3 Å². The average molecular weight is 264 g/mol. The second-order valence-corrected chi connectivity index (χ2v) is 5.15. The number of rotatable bonds is 5. The highest BCUT2D eigenvalue weighted by atomic mass is 16.5. The lowest BCUT2D eigenvalue weighted by molar-refractivity contribution is 0.179. The molecule has 1 aromatic heterocycles. The van der Waals surface area contributed by atoms with Gasteiger partial charge in [0.2, 0.25) is 5.88 Å². The molecular weight excluding hydrogens is 240 g/mol. The molecule has 1 aliphatic heterocycles. The molecule has 1 saturated heterocycles. The second kappa shape index (κ2) is 6.82. The number of likely N-dealkylation sites (tertiary alicyclic amines) is 1. The largest absolute Gasteiger partial charge is 0.475 e. The van der Waals surface area contributed by atoms with Crippen LogP contribution in [0.15, 0.2) is 0 Å². The molecule has 2 N–H and O–H groups in total. The molecule has 0 saturated carbocycles. The molecule has 0 aromatic carbocycles. The summed E-state index contributed by atoms with van der Waals surface area (Å²) in [6.45, 7) is 8.39. The van der Waals surface area contributed by atoms with Crippen molar-refractivity contribution >= 4 is 0 Å². The van der Waals surface area contributed by atoms with Crippen LogP contribution in [0.4, 0.5) is 0 Å². The topological polar surface area (TPSA) is 64.3 Å². The van der Waals surface area contributed by atoms with E-state index in [0.717, 1.165) is 23.4 Å². The molecule has 0 radical (unpaired) electrons. The summed E-state index contributed by atoms with van der Waals surface area (Å²) >= 11 is 0. The minimum Gasteiger partial charge on any atom is -0.475 e. The molecule has 0 bridgehead atoms. The van der Waals surface area contributed by atoms with Gasteiger partial charge in [0.1, 0.15) is 6.61 Å². The Bertz CT molecular complexity index is 416. The van der Waals surface area contributed by atoms with E-state index in [1.165, 1.54) is 32.4 Å². The van der Waals surface area contributed by atoms with Gasteiger partial charge in [0.15, 0.2) is 0 Å². The molecule has 5 nitrogen and oxygen atoms in total. The fourth-order valence-corrected chi connectivity index (χ4v) is 2.45. The fraction of sp³-hybridized carbons (Fsp3) is 0.714. The summed E-state index contributed by atoms with van der Waals surface area (Å²) in [6, 6.07) is 0. The molecule has 106 valence electrons. The van der Waals surface area contributed by atoms with Crippen molar-refractivity contribution in [3.8, 4) is 5.88 Å². The van der Waals surface area contributed by atoms with Gasteiger partial charge in [-0.2, -0.15) is 5.10 Å². The van der Waals surface area contributed by atoms with Crippen LogP contribution in [0, 0.1) is 13.8 Å². The molecule has 5 heteroatoms. The van der Waals surface area contributed by atoms with Gasteiger partial charge in [-0.05, 0) is 45.3 Å². The number of ether oxygens (including phenoxy) is 1. The first-order valence-electron chi connectivity index (χ1n) is 7.10. The third kappa shape index (κ3) is 3.64. The van der Waals surface area contributed by atoms with E-state index in [4.69, 9.17) is 10.5 Å². The van der Waals surface area contributed by atoms with Gasteiger partial charge in [-0.25, -0.2) is 0 Å². The van der Waals surface area contributed by atoms with Crippen molar-refractivity contribution in [1.29, 1.82) is 0 Å². The van der Waals surface area contributed by atoms with Crippen LogP contribution in [0.1, 0.15) is 36.1 Å². The van der Waals surface area contributed by atoms with Crippen LogP contribution in [-0.2, 0) is 6.54 Å². The zero-order valence-corrected chi connectivity index (χ0v) is 12.0. The first kappa shape index (κ1) is 14.2. The van der Waals surface area contributed by atoms with Gasteiger partial charge < -0.3 is 10.5 Å². The number of hydrogen-bond donors (Lipinski definition) is 1. The zero-order valence-electron chi connectivity index (χ0n) is 12.0. The van der Waals surface area contributed by atoms with Crippen LogP contribution >= 0.6 is 0 Å². The summed E-state index contributed by atoms with van der Waals surface area (Å²) in [4.78, 5) is 2.44. The molecular formula is C14H24N4O. The summed E-state index contributed by atoms with van der Waals surface area (Å²) in [5.41, 5.74) is 8.76. The maximum Gasteiger partial charge on any atom is 0.238 e. The van der Waals surface area contributed by atoms with E-state index in [9.17, 15) is 0 Å². The van der Waals surface area contributed by atoms with Crippen LogP contribution in [0.25, 0.3) is 0 Å². The molecule has 2 heterocycles. The van der Waals surface area contributed by atoms with E-state index >= 15 is 0 Å². The van der Waals surface area contributed by atoms with Gasteiger partial charge >= 0.3 is 0 Å². The van der Waals surface area contributed by atoms with Gasteiger partial charge in [0, 0.05) is 18.7 Å². The highest BCUT2D eigenvalue weighted by molar-refractivity contribution is 5.34. The van der Waals surface area contributed by atoms with E-state index in [1.54, 1.807) is 0 Å². The minimum atomic E-state index is 0.446. The molecule has 0 aliphatic carbocycles. The van der Waals surface area contributed by atoms with E-state index in [1.807, 2.05) is 13.8 Å². The van der Waals surface area contributed by atoms with Crippen molar-refractivity contribution in [3.05, 3.63) is 16.8 Å². The van der Waals surface area contributed by atoms with Gasteiger partial charge in [0.25, 0.3) is 0 Å². The number of hydrogen-bond acceptors (Lipinski definition) is 5. The molecule has 1 fully saturated rings. The molecule has 0 unspecified atom stereocenters. The number of aromatic nitrogens is 2. The average Bonchev–Trinajstić information content (AvgIpc) is 2.44. The van der Waals surface area contributed by atoms with Crippen molar-refractivity contribution in [2.75, 3.05) is 26.2 Å². The normalized spacial score (nSPS) is 16.6. The van der Waals surface area contributed by atoms with Crippen LogP contribution in [0.3, 0.4) is 0 Å². The third-order valence-corrected chi connectivity index (χ3v) is 3.84. The first-order valence-corrected chi connectivity index (χ1v) is 7.10. The molecule has 0 atom stereocenters. The van der Waals surface area contributed by atoms with Gasteiger partial charge in [0.05, 0.1) is 5.69 Å². The number of nitrogens with zero attached hydrogens (tertiary/aromatic N) is 3. The molecule has 2 rings (SSSR count). The Morgan fingerprint density at radius 3 is 2.58 bits per heavy atom. The second-order valence-electron chi connectivity index (χ2n) is 5.15. The molecule has 1 aromatic rings. The first-order chi connectivity index (χ1) is 9.22. The van der Waals surface area contributed by atoms with Crippen molar-refractivity contribution < 1.29 is 4.74 Å². The van der Waals surface area contributed by atoms with Crippen LogP contribution in [0.5, 0.6) is 5.88 Å². The zero-order chi connectivity index (χ0) is 13.7. The van der Waals surface area contributed by atoms with E-state index in [-0.39, 0.29) is 0 Å². The molecule has 0 spiro atoms. The lowest BCUT2D eigenvalue weighted by Gasteiger charge is -2.26. The smallest absolute Gasteiger partial charge is 0.238 e. The van der Waals surface area contributed by atoms with E-state index in [0.29, 0.717) is 19.0 Å². The maximum atomic E-state index is 5.78. The monoisotopic (exact) mass is 264 g/mol. The van der Waals surface area contributed by atoms with E-state index in [2.05, 4.69) is 15.1 Å². The predicted molar refractivity (Wildman–Crippen MR) is 75.2 cm³/mol. The number of piperidine rings is 1. The minimum absolute atomic E-state index is 0.446. The summed E-state index contributed by atoms with van der Waals surface area (Å²) in [7, 11) is 0. The Balaban J connectivity index is 1.90. The quantitative estimate of drug-likeness (QED) is 0.871. The summed E-state index contributed by atoms with van der Waals surface area (Å²) in [5.74, 6) is 0.600. The Morgan fingerprint density at radius 1 is 1.16 bits per heavy atom. The van der Waals surface area contributed by atoms with Gasteiger partial charge in [-0.15, -0.1) is 5.10 Å². The predicted octanol–water partition coefficient (Wildman–Crippen LogP) is 1.42. The van der Waals surface area contributed by atoms with Crippen molar-refractivity contribution in [3.63, 3.8) is 0 Å². The highest BCUT2D eigenvalue weighted by Crippen LogP contribution is 2.19. The fourth-order valence-electron chi connectivity index (χ4n) is 2.45. The SMILES string of the molecule is Cc1nnc(OCCN2CCCCC2)c(CN)c1C. The Hall–Kier alpha value is -1.20. The summed E-state index contributed by atoms with van der Waals surface area (Å²) in [5, 5.41) is 8.23. The van der Waals surface area contributed by atoms with Crippen molar-refractivity contribution in [2.45, 2.75) is 39.7 Å². The van der Waals surface area contributed by atoms with Crippen LogP contribution in [0.2, 0.25) is 0 Å². The van der Waals surface area contributed by atoms with Gasteiger partial charge in [-0.3, -0.25) is 4.90 Å². The third-order valence-electron chi connectivity index (χ3n) is 3.84. The van der Waals surface area contributed by atoms with Crippen LogP contribution < -0.4 is 10.5 Å². The standard InChI is InChI=1S/C14H24N4O/c1-11-12(2)16-17-14(13(11)10-15)19-9-8-18-6-4-3-5-7-18/h3-10,15H2,1-2H3.